The lowest BCUT2D eigenvalue weighted by Gasteiger charge is -2.36. The highest BCUT2D eigenvalue weighted by Crippen LogP contribution is 2.36. The molecule has 0 bridgehead atoms. The number of anilines is 1. The van der Waals surface area contributed by atoms with Crippen molar-refractivity contribution in [1.82, 2.24) is 4.90 Å². The Hall–Kier alpha value is -2.40. The summed E-state index contributed by atoms with van der Waals surface area (Å²) >= 11 is 0. The average Bonchev–Trinajstić information content (AvgIpc) is 3.13. The fourth-order valence-electron chi connectivity index (χ4n) is 3.50. The van der Waals surface area contributed by atoms with E-state index in [4.69, 9.17) is 14.2 Å². The van der Waals surface area contributed by atoms with Crippen molar-refractivity contribution in [2.45, 2.75) is 13.5 Å². The molecular formula is C20H24N2O3. The van der Waals surface area contributed by atoms with Gasteiger partial charge in [0, 0.05) is 38.3 Å². The Morgan fingerprint density at radius 1 is 0.960 bits per heavy atom. The number of para-hydroxylation sites is 3. The zero-order valence-corrected chi connectivity index (χ0v) is 14.6. The molecule has 2 aromatic rings. The Morgan fingerprint density at radius 3 is 2.64 bits per heavy atom. The number of hydrogen-bond donors (Lipinski definition) is 0. The van der Waals surface area contributed by atoms with Gasteiger partial charge in [-0.1, -0.05) is 24.3 Å². The summed E-state index contributed by atoms with van der Waals surface area (Å²) in [6.07, 6.45) is 0. The van der Waals surface area contributed by atoms with Crippen LogP contribution in [0.2, 0.25) is 0 Å². The van der Waals surface area contributed by atoms with Crippen LogP contribution in [0.1, 0.15) is 12.5 Å². The summed E-state index contributed by atoms with van der Waals surface area (Å²) in [6, 6.07) is 14.4. The van der Waals surface area contributed by atoms with Crippen LogP contribution in [0, 0.1) is 0 Å². The van der Waals surface area contributed by atoms with Crippen LogP contribution in [0.5, 0.6) is 17.2 Å². The summed E-state index contributed by atoms with van der Waals surface area (Å²) in [5, 5.41) is 0. The van der Waals surface area contributed by atoms with Gasteiger partial charge in [0.15, 0.2) is 11.5 Å². The zero-order chi connectivity index (χ0) is 17.1. The van der Waals surface area contributed by atoms with E-state index in [2.05, 4.69) is 34.1 Å². The number of piperazine rings is 1. The number of ether oxygens (including phenoxy) is 3. The minimum Gasteiger partial charge on any atom is -0.492 e. The van der Waals surface area contributed by atoms with Crippen LogP contribution in [-0.4, -0.2) is 44.5 Å². The van der Waals surface area contributed by atoms with Gasteiger partial charge in [-0.15, -0.1) is 0 Å². The summed E-state index contributed by atoms with van der Waals surface area (Å²) < 4.78 is 16.9. The highest BCUT2D eigenvalue weighted by atomic mass is 16.7. The number of fused-ring (bicyclic) bond motifs is 1. The summed E-state index contributed by atoms with van der Waals surface area (Å²) in [7, 11) is 0. The lowest BCUT2D eigenvalue weighted by Crippen LogP contribution is -2.46. The minimum absolute atomic E-state index is 0.328. The maximum Gasteiger partial charge on any atom is 0.231 e. The van der Waals surface area contributed by atoms with Crippen molar-refractivity contribution >= 4 is 5.69 Å². The molecule has 0 aromatic heterocycles. The Labute approximate surface area is 148 Å². The highest BCUT2D eigenvalue weighted by molar-refractivity contribution is 5.58. The maximum absolute atomic E-state index is 5.78. The van der Waals surface area contributed by atoms with E-state index in [1.54, 1.807) is 0 Å². The van der Waals surface area contributed by atoms with Crippen LogP contribution >= 0.6 is 0 Å². The Kier molecular flexibility index (Phi) is 4.65. The van der Waals surface area contributed by atoms with Gasteiger partial charge in [-0.3, -0.25) is 4.90 Å². The molecule has 2 aliphatic rings. The second-order valence-electron chi connectivity index (χ2n) is 6.31. The summed E-state index contributed by atoms with van der Waals surface area (Å²) in [6.45, 7) is 7.97. The van der Waals surface area contributed by atoms with Crippen LogP contribution in [-0.2, 0) is 6.54 Å². The van der Waals surface area contributed by atoms with E-state index >= 15 is 0 Å². The van der Waals surface area contributed by atoms with Crippen LogP contribution in [0.3, 0.4) is 0 Å². The van der Waals surface area contributed by atoms with E-state index in [9.17, 15) is 0 Å². The first-order valence-electron chi connectivity index (χ1n) is 8.92. The van der Waals surface area contributed by atoms with Crippen molar-refractivity contribution < 1.29 is 14.2 Å². The first-order valence-corrected chi connectivity index (χ1v) is 8.92. The molecule has 1 saturated heterocycles. The Bertz CT molecular complexity index is 727. The molecule has 2 aromatic carbocycles. The standard InChI is InChI=1S/C20H24N2O3/c1-2-23-18-8-4-3-7-17(18)22-12-10-21(11-13-22)14-16-6-5-9-19-20(16)25-15-24-19/h3-9H,2,10-15H2,1H3. The lowest BCUT2D eigenvalue weighted by molar-refractivity contribution is 0.171. The summed E-state index contributed by atoms with van der Waals surface area (Å²) in [5.74, 6) is 2.75. The zero-order valence-electron chi connectivity index (χ0n) is 14.6. The fourth-order valence-corrected chi connectivity index (χ4v) is 3.50. The molecule has 0 unspecified atom stereocenters. The van der Waals surface area contributed by atoms with Gasteiger partial charge in [0.1, 0.15) is 5.75 Å². The van der Waals surface area contributed by atoms with E-state index in [1.807, 2.05) is 25.1 Å². The van der Waals surface area contributed by atoms with Crippen LogP contribution in [0.15, 0.2) is 42.5 Å². The predicted octanol–water partition coefficient (Wildman–Crippen LogP) is 3.14. The molecule has 5 nitrogen and oxygen atoms in total. The van der Waals surface area contributed by atoms with E-state index in [1.165, 1.54) is 11.3 Å². The molecule has 2 aliphatic heterocycles. The Morgan fingerprint density at radius 2 is 1.80 bits per heavy atom. The molecule has 132 valence electrons. The van der Waals surface area contributed by atoms with Gasteiger partial charge in [-0.25, -0.2) is 0 Å². The third-order valence-corrected chi connectivity index (χ3v) is 4.75. The van der Waals surface area contributed by atoms with Crippen molar-refractivity contribution in [2.24, 2.45) is 0 Å². The normalized spacial score (nSPS) is 16.9. The molecule has 5 heteroatoms. The maximum atomic E-state index is 5.78. The van der Waals surface area contributed by atoms with E-state index in [0.29, 0.717) is 13.4 Å². The van der Waals surface area contributed by atoms with E-state index in [-0.39, 0.29) is 0 Å². The molecule has 0 saturated carbocycles. The molecular weight excluding hydrogens is 316 g/mol. The monoisotopic (exact) mass is 340 g/mol. The summed E-state index contributed by atoms with van der Waals surface area (Å²) in [4.78, 5) is 4.88. The summed E-state index contributed by atoms with van der Waals surface area (Å²) in [5.41, 5.74) is 2.40. The van der Waals surface area contributed by atoms with Gasteiger partial charge in [0.2, 0.25) is 6.79 Å². The molecule has 1 fully saturated rings. The van der Waals surface area contributed by atoms with Gasteiger partial charge in [0.05, 0.1) is 12.3 Å². The number of nitrogens with zero attached hydrogens (tertiary/aromatic N) is 2. The lowest BCUT2D eigenvalue weighted by atomic mass is 10.1. The quantitative estimate of drug-likeness (QED) is 0.835. The molecule has 0 atom stereocenters. The topological polar surface area (TPSA) is 34.2 Å². The second-order valence-corrected chi connectivity index (χ2v) is 6.31. The van der Waals surface area contributed by atoms with Gasteiger partial charge >= 0.3 is 0 Å². The van der Waals surface area contributed by atoms with Crippen LogP contribution < -0.4 is 19.1 Å². The molecule has 2 heterocycles. The molecule has 0 amide bonds. The second kappa shape index (κ2) is 7.23. The first-order chi connectivity index (χ1) is 12.3. The van der Waals surface area contributed by atoms with Crippen LogP contribution in [0.4, 0.5) is 5.69 Å². The predicted molar refractivity (Wildman–Crippen MR) is 97.7 cm³/mol. The number of benzene rings is 2. The third kappa shape index (κ3) is 3.37. The smallest absolute Gasteiger partial charge is 0.231 e. The number of rotatable bonds is 5. The molecule has 25 heavy (non-hydrogen) atoms. The minimum atomic E-state index is 0.328. The van der Waals surface area contributed by atoms with Gasteiger partial charge in [0.25, 0.3) is 0 Å². The fraction of sp³-hybridized carbons (Fsp3) is 0.400. The van der Waals surface area contributed by atoms with Gasteiger partial charge in [-0.2, -0.15) is 0 Å². The molecule has 0 radical (unpaired) electrons. The highest BCUT2D eigenvalue weighted by Gasteiger charge is 2.23. The van der Waals surface area contributed by atoms with Gasteiger partial charge in [-0.05, 0) is 25.1 Å². The van der Waals surface area contributed by atoms with Gasteiger partial charge < -0.3 is 19.1 Å². The van der Waals surface area contributed by atoms with E-state index < -0.39 is 0 Å². The first kappa shape index (κ1) is 16.1. The average molecular weight is 340 g/mol. The molecule has 0 N–H and O–H groups in total. The SMILES string of the molecule is CCOc1ccccc1N1CCN(Cc2cccc3c2OCO3)CC1. The van der Waals surface area contributed by atoms with Crippen molar-refractivity contribution in [2.75, 3.05) is 44.5 Å². The largest absolute Gasteiger partial charge is 0.492 e. The van der Waals surface area contributed by atoms with Crippen LogP contribution in [0.25, 0.3) is 0 Å². The van der Waals surface area contributed by atoms with Crippen molar-refractivity contribution in [3.8, 4) is 17.2 Å². The van der Waals surface area contributed by atoms with Crippen molar-refractivity contribution in [1.29, 1.82) is 0 Å². The Balaban J connectivity index is 1.40. The molecule has 4 rings (SSSR count). The molecule has 0 aliphatic carbocycles. The number of hydrogen-bond acceptors (Lipinski definition) is 5. The van der Waals surface area contributed by atoms with Crippen molar-refractivity contribution in [3.63, 3.8) is 0 Å². The molecule has 0 spiro atoms. The van der Waals surface area contributed by atoms with Crippen molar-refractivity contribution in [3.05, 3.63) is 48.0 Å². The third-order valence-electron chi connectivity index (χ3n) is 4.75. The van der Waals surface area contributed by atoms with E-state index in [0.717, 1.165) is 50.0 Å².